The van der Waals surface area contributed by atoms with Crippen molar-refractivity contribution in [2.45, 2.75) is 51.5 Å². The first-order valence-corrected chi connectivity index (χ1v) is 8.70. The van der Waals surface area contributed by atoms with E-state index < -0.39 is 0 Å². The second kappa shape index (κ2) is 8.71. The van der Waals surface area contributed by atoms with Crippen LogP contribution in [-0.2, 0) is 14.3 Å². The predicted octanol–water partition coefficient (Wildman–Crippen LogP) is 3.17. The van der Waals surface area contributed by atoms with Crippen molar-refractivity contribution in [3.05, 3.63) is 29.8 Å². The minimum absolute atomic E-state index is 0.0297. The van der Waals surface area contributed by atoms with Gasteiger partial charge in [0.15, 0.2) is 0 Å². The Labute approximate surface area is 144 Å². The number of nitrogens with zero attached hydrogens (tertiary/aromatic N) is 1. The molecule has 1 N–H and O–H groups in total. The van der Waals surface area contributed by atoms with E-state index >= 15 is 0 Å². The molecule has 0 aromatic heterocycles. The van der Waals surface area contributed by atoms with Crippen molar-refractivity contribution in [2.24, 2.45) is 0 Å². The van der Waals surface area contributed by atoms with E-state index in [0.717, 1.165) is 25.1 Å². The Balaban J connectivity index is 1.86. The summed E-state index contributed by atoms with van der Waals surface area (Å²) in [6.45, 7) is 5.82. The quantitative estimate of drug-likeness (QED) is 0.813. The van der Waals surface area contributed by atoms with Gasteiger partial charge in [-0.2, -0.15) is 0 Å². The van der Waals surface area contributed by atoms with Crippen LogP contribution in [0, 0.1) is 0 Å². The molecule has 132 valence electrons. The zero-order valence-electron chi connectivity index (χ0n) is 14.9. The van der Waals surface area contributed by atoms with Gasteiger partial charge in [-0.05, 0) is 36.5 Å². The summed E-state index contributed by atoms with van der Waals surface area (Å²) in [6.07, 6.45) is 2.40. The lowest BCUT2D eigenvalue weighted by Crippen LogP contribution is -2.45. The summed E-state index contributed by atoms with van der Waals surface area (Å²) < 4.78 is 4.59. The average Bonchev–Trinajstić information content (AvgIpc) is 2.60. The van der Waals surface area contributed by atoms with Crippen LogP contribution >= 0.6 is 0 Å². The maximum atomic E-state index is 12.2. The largest absolute Gasteiger partial charge is 0.469 e. The lowest BCUT2D eigenvalue weighted by Gasteiger charge is -2.33. The highest BCUT2D eigenvalue weighted by molar-refractivity contribution is 5.81. The van der Waals surface area contributed by atoms with Gasteiger partial charge >= 0.3 is 5.97 Å². The molecule has 1 amide bonds. The van der Waals surface area contributed by atoms with E-state index in [1.54, 1.807) is 0 Å². The van der Waals surface area contributed by atoms with Crippen LogP contribution in [0.1, 0.15) is 51.0 Å². The molecule has 1 atom stereocenters. The molecule has 1 heterocycles. The van der Waals surface area contributed by atoms with Crippen molar-refractivity contribution in [3.8, 4) is 0 Å². The average molecular weight is 332 g/mol. The smallest absolute Gasteiger partial charge is 0.306 e. The zero-order chi connectivity index (χ0) is 17.5. The number of carbonyl (C=O) groups excluding carboxylic acids is 2. The van der Waals surface area contributed by atoms with Gasteiger partial charge < -0.3 is 15.0 Å². The van der Waals surface area contributed by atoms with Gasteiger partial charge in [0, 0.05) is 31.2 Å². The van der Waals surface area contributed by atoms with E-state index in [1.165, 1.54) is 12.7 Å². The van der Waals surface area contributed by atoms with Gasteiger partial charge in [-0.3, -0.25) is 9.59 Å². The number of hydrogen-bond donors (Lipinski definition) is 1. The van der Waals surface area contributed by atoms with Crippen LogP contribution in [-0.4, -0.2) is 43.0 Å². The molecule has 1 aromatic rings. The third kappa shape index (κ3) is 5.25. The number of likely N-dealkylation sites (tertiary alicyclic amines) is 1. The molecule has 5 nitrogen and oxygen atoms in total. The maximum Gasteiger partial charge on any atom is 0.306 e. The SMILES string of the molecule is COC(=O)CCC(=O)N1CCC[C@H](Nc2ccc(C(C)C)cc2)C1. The van der Waals surface area contributed by atoms with Gasteiger partial charge in [0.1, 0.15) is 0 Å². The highest BCUT2D eigenvalue weighted by atomic mass is 16.5. The molecule has 24 heavy (non-hydrogen) atoms. The van der Waals surface area contributed by atoms with Crippen molar-refractivity contribution in [3.63, 3.8) is 0 Å². The van der Waals surface area contributed by atoms with Crippen LogP contribution in [0.15, 0.2) is 24.3 Å². The lowest BCUT2D eigenvalue weighted by molar-refractivity contribution is -0.143. The van der Waals surface area contributed by atoms with E-state index in [1.807, 2.05) is 4.90 Å². The van der Waals surface area contributed by atoms with E-state index in [2.05, 4.69) is 48.2 Å². The van der Waals surface area contributed by atoms with Crippen molar-refractivity contribution in [2.75, 3.05) is 25.5 Å². The molecule has 2 rings (SSSR count). The molecule has 0 saturated carbocycles. The first kappa shape index (κ1) is 18.3. The number of nitrogens with one attached hydrogen (secondary N) is 1. The number of benzene rings is 1. The highest BCUT2D eigenvalue weighted by Gasteiger charge is 2.23. The van der Waals surface area contributed by atoms with Crippen molar-refractivity contribution < 1.29 is 14.3 Å². The number of piperidine rings is 1. The Morgan fingerprint density at radius 1 is 1.25 bits per heavy atom. The van der Waals surface area contributed by atoms with Gasteiger partial charge in [-0.15, -0.1) is 0 Å². The number of ether oxygens (including phenoxy) is 1. The van der Waals surface area contributed by atoms with Crippen LogP contribution in [0.4, 0.5) is 5.69 Å². The predicted molar refractivity (Wildman–Crippen MR) is 95.0 cm³/mol. The summed E-state index contributed by atoms with van der Waals surface area (Å²) in [5.41, 5.74) is 2.41. The fraction of sp³-hybridized carbons (Fsp3) is 0.579. The van der Waals surface area contributed by atoms with E-state index in [0.29, 0.717) is 12.5 Å². The molecule has 0 aliphatic carbocycles. The molecule has 5 heteroatoms. The van der Waals surface area contributed by atoms with Crippen LogP contribution in [0.5, 0.6) is 0 Å². The van der Waals surface area contributed by atoms with E-state index in [-0.39, 0.29) is 30.8 Å². The first-order valence-electron chi connectivity index (χ1n) is 8.70. The van der Waals surface area contributed by atoms with Gasteiger partial charge in [-0.25, -0.2) is 0 Å². The second-order valence-electron chi connectivity index (χ2n) is 6.68. The van der Waals surface area contributed by atoms with Crippen molar-refractivity contribution in [1.82, 2.24) is 4.90 Å². The van der Waals surface area contributed by atoms with Crippen molar-refractivity contribution >= 4 is 17.6 Å². The number of hydrogen-bond acceptors (Lipinski definition) is 4. The summed E-state index contributed by atoms with van der Waals surface area (Å²) in [5.74, 6) is 0.221. The van der Waals surface area contributed by atoms with Crippen LogP contribution in [0.2, 0.25) is 0 Å². The van der Waals surface area contributed by atoms with Crippen LogP contribution < -0.4 is 5.32 Å². The van der Waals surface area contributed by atoms with Gasteiger partial charge in [-0.1, -0.05) is 26.0 Å². The monoisotopic (exact) mass is 332 g/mol. The molecule has 1 fully saturated rings. The summed E-state index contributed by atoms with van der Waals surface area (Å²) >= 11 is 0. The van der Waals surface area contributed by atoms with Gasteiger partial charge in [0.25, 0.3) is 0 Å². The topological polar surface area (TPSA) is 58.6 Å². The number of rotatable bonds is 6. The Morgan fingerprint density at radius 3 is 2.58 bits per heavy atom. The molecule has 0 unspecified atom stereocenters. The van der Waals surface area contributed by atoms with Gasteiger partial charge in [0.05, 0.1) is 13.5 Å². The number of anilines is 1. The number of esters is 1. The normalized spacial score (nSPS) is 17.7. The Morgan fingerprint density at radius 2 is 1.96 bits per heavy atom. The van der Waals surface area contributed by atoms with E-state index in [4.69, 9.17) is 0 Å². The molecule has 1 aliphatic heterocycles. The Hall–Kier alpha value is -2.04. The molecule has 1 aromatic carbocycles. The highest BCUT2D eigenvalue weighted by Crippen LogP contribution is 2.20. The number of carbonyl (C=O) groups is 2. The zero-order valence-corrected chi connectivity index (χ0v) is 14.9. The minimum Gasteiger partial charge on any atom is -0.469 e. The third-order valence-corrected chi connectivity index (χ3v) is 4.49. The third-order valence-electron chi connectivity index (χ3n) is 4.49. The molecule has 0 radical (unpaired) electrons. The fourth-order valence-electron chi connectivity index (χ4n) is 2.99. The second-order valence-corrected chi connectivity index (χ2v) is 6.68. The fourth-order valence-corrected chi connectivity index (χ4v) is 2.99. The van der Waals surface area contributed by atoms with Gasteiger partial charge in [0.2, 0.25) is 5.91 Å². The molecule has 0 spiro atoms. The lowest BCUT2D eigenvalue weighted by atomic mass is 10.0. The standard InChI is InChI=1S/C19H28N2O3/c1-14(2)15-6-8-16(9-7-15)20-17-5-4-12-21(13-17)18(22)10-11-19(23)24-3/h6-9,14,17,20H,4-5,10-13H2,1-3H3/t17-/m0/s1. The summed E-state index contributed by atoms with van der Waals surface area (Å²) in [5, 5.41) is 3.52. The summed E-state index contributed by atoms with van der Waals surface area (Å²) in [4.78, 5) is 25.3. The molecule has 0 bridgehead atoms. The number of amides is 1. The maximum absolute atomic E-state index is 12.2. The summed E-state index contributed by atoms with van der Waals surface area (Å²) in [7, 11) is 1.35. The molecular formula is C19H28N2O3. The molecule has 1 saturated heterocycles. The Kier molecular flexibility index (Phi) is 6.64. The van der Waals surface area contributed by atoms with Crippen LogP contribution in [0.3, 0.4) is 0 Å². The summed E-state index contributed by atoms with van der Waals surface area (Å²) in [6, 6.07) is 8.76. The molecule has 1 aliphatic rings. The first-order chi connectivity index (χ1) is 11.5. The van der Waals surface area contributed by atoms with Crippen molar-refractivity contribution in [1.29, 1.82) is 0 Å². The van der Waals surface area contributed by atoms with E-state index in [9.17, 15) is 9.59 Å². The van der Waals surface area contributed by atoms with Crippen LogP contribution in [0.25, 0.3) is 0 Å². The number of methoxy groups -OCH3 is 1. The minimum atomic E-state index is -0.333. The Bertz CT molecular complexity index is 554. The molecular weight excluding hydrogens is 304 g/mol.